The van der Waals surface area contributed by atoms with E-state index in [4.69, 9.17) is 0 Å². The Bertz CT molecular complexity index is 900. The smallest absolute Gasteiger partial charge is 0.228 e. The van der Waals surface area contributed by atoms with E-state index in [0.717, 1.165) is 42.2 Å². The van der Waals surface area contributed by atoms with Gasteiger partial charge in [0.25, 0.3) is 0 Å². The number of nitrogens with zero attached hydrogens (tertiary/aromatic N) is 3. The van der Waals surface area contributed by atoms with Crippen LogP contribution in [0.3, 0.4) is 0 Å². The molecule has 0 unspecified atom stereocenters. The van der Waals surface area contributed by atoms with Crippen LogP contribution in [0.25, 0.3) is 0 Å². The number of aromatic amines is 1. The molecule has 4 rings (SSSR count). The number of fused-ring (bicyclic) bond motifs is 1. The van der Waals surface area contributed by atoms with Crippen molar-refractivity contribution in [3.8, 4) is 0 Å². The molecule has 0 radical (unpaired) electrons. The van der Waals surface area contributed by atoms with Crippen LogP contribution in [-0.4, -0.2) is 32.5 Å². The first-order chi connectivity index (χ1) is 12.7. The van der Waals surface area contributed by atoms with E-state index in [-0.39, 0.29) is 5.91 Å². The molecule has 0 fully saturated rings. The van der Waals surface area contributed by atoms with Crippen LogP contribution < -0.4 is 0 Å². The van der Waals surface area contributed by atoms with Gasteiger partial charge in [-0.05, 0) is 25.3 Å². The SMILES string of the molecule is Cc1nc(CC(=O)N2CCc3[nH]nc(CCc4ccccc4)c3C2)cs1. The number of nitrogens with one attached hydrogen (secondary N) is 1. The molecule has 0 atom stereocenters. The van der Waals surface area contributed by atoms with Crippen molar-refractivity contribution in [3.05, 3.63) is 68.9 Å². The first-order valence-electron chi connectivity index (χ1n) is 8.97. The van der Waals surface area contributed by atoms with Crippen LogP contribution in [0.4, 0.5) is 0 Å². The predicted octanol–water partition coefficient (Wildman–Crippen LogP) is 3.09. The quantitative estimate of drug-likeness (QED) is 0.755. The van der Waals surface area contributed by atoms with Gasteiger partial charge in [0.1, 0.15) is 0 Å². The van der Waals surface area contributed by atoms with Gasteiger partial charge >= 0.3 is 0 Å². The second-order valence-electron chi connectivity index (χ2n) is 6.71. The summed E-state index contributed by atoms with van der Waals surface area (Å²) in [5.41, 5.74) is 5.66. The number of aryl methyl sites for hydroxylation is 3. The van der Waals surface area contributed by atoms with Gasteiger partial charge in [0.05, 0.1) is 22.8 Å². The minimum absolute atomic E-state index is 0.149. The Balaban J connectivity index is 1.42. The zero-order valence-electron chi connectivity index (χ0n) is 14.9. The fourth-order valence-electron chi connectivity index (χ4n) is 3.44. The number of carbonyl (C=O) groups is 1. The van der Waals surface area contributed by atoms with Gasteiger partial charge in [0.15, 0.2) is 0 Å². The second kappa shape index (κ2) is 7.41. The molecule has 3 heterocycles. The Labute approximate surface area is 157 Å². The van der Waals surface area contributed by atoms with Crippen molar-refractivity contribution in [3.63, 3.8) is 0 Å². The molecule has 0 spiro atoms. The highest BCUT2D eigenvalue weighted by atomic mass is 32.1. The van der Waals surface area contributed by atoms with Crippen molar-refractivity contribution < 1.29 is 4.79 Å². The monoisotopic (exact) mass is 366 g/mol. The molecule has 1 amide bonds. The van der Waals surface area contributed by atoms with Crippen molar-refractivity contribution in [2.45, 2.75) is 39.2 Å². The van der Waals surface area contributed by atoms with Gasteiger partial charge in [-0.2, -0.15) is 5.10 Å². The Morgan fingerprint density at radius 2 is 2.12 bits per heavy atom. The van der Waals surface area contributed by atoms with E-state index >= 15 is 0 Å². The van der Waals surface area contributed by atoms with Crippen LogP contribution in [-0.2, 0) is 37.0 Å². The number of hydrogen-bond donors (Lipinski definition) is 1. The van der Waals surface area contributed by atoms with E-state index in [0.29, 0.717) is 13.0 Å². The van der Waals surface area contributed by atoms with Crippen LogP contribution in [0.15, 0.2) is 35.7 Å². The van der Waals surface area contributed by atoms with E-state index in [9.17, 15) is 4.79 Å². The fourth-order valence-corrected chi connectivity index (χ4v) is 4.05. The first-order valence-corrected chi connectivity index (χ1v) is 9.84. The Morgan fingerprint density at radius 1 is 1.27 bits per heavy atom. The number of hydrogen-bond acceptors (Lipinski definition) is 4. The molecular formula is C20H22N4OS. The standard InChI is InChI=1S/C20H22N4OS/c1-14-21-16(13-26-14)11-20(25)24-10-9-19-17(12-24)18(22-23-19)8-7-15-5-3-2-4-6-15/h2-6,13H,7-12H2,1H3,(H,22,23). The summed E-state index contributed by atoms with van der Waals surface area (Å²) in [7, 11) is 0. The lowest BCUT2D eigenvalue weighted by atomic mass is 10.0. The maximum absolute atomic E-state index is 12.7. The molecule has 1 N–H and O–H groups in total. The average molecular weight is 366 g/mol. The van der Waals surface area contributed by atoms with Gasteiger partial charge in [-0.25, -0.2) is 4.98 Å². The summed E-state index contributed by atoms with van der Waals surface area (Å²) in [6.07, 6.45) is 3.08. The number of thiazole rings is 1. The Kier molecular flexibility index (Phi) is 4.84. The van der Waals surface area contributed by atoms with Gasteiger partial charge < -0.3 is 4.90 Å². The zero-order valence-corrected chi connectivity index (χ0v) is 15.7. The normalized spacial score (nSPS) is 13.7. The third-order valence-corrected chi connectivity index (χ3v) is 5.69. The van der Waals surface area contributed by atoms with Crippen molar-refractivity contribution in [1.29, 1.82) is 0 Å². The van der Waals surface area contributed by atoms with Crippen LogP contribution >= 0.6 is 11.3 Å². The van der Waals surface area contributed by atoms with Gasteiger partial charge in [0.2, 0.25) is 5.91 Å². The molecule has 1 aliphatic rings. The molecule has 3 aromatic rings. The van der Waals surface area contributed by atoms with Gasteiger partial charge in [-0.15, -0.1) is 11.3 Å². The van der Waals surface area contributed by atoms with Crippen LogP contribution in [0.1, 0.15) is 33.2 Å². The first kappa shape index (κ1) is 17.0. The lowest BCUT2D eigenvalue weighted by Crippen LogP contribution is -2.37. The lowest BCUT2D eigenvalue weighted by Gasteiger charge is -2.27. The van der Waals surface area contributed by atoms with Crippen LogP contribution in [0.5, 0.6) is 0 Å². The Morgan fingerprint density at radius 3 is 2.88 bits per heavy atom. The molecule has 1 aromatic carbocycles. The topological polar surface area (TPSA) is 61.9 Å². The van der Waals surface area contributed by atoms with Crippen LogP contribution in [0.2, 0.25) is 0 Å². The minimum atomic E-state index is 0.149. The summed E-state index contributed by atoms with van der Waals surface area (Å²) in [5.74, 6) is 0.149. The number of amides is 1. The van der Waals surface area contributed by atoms with Crippen LogP contribution in [0, 0.1) is 6.92 Å². The number of carbonyl (C=O) groups excluding carboxylic acids is 1. The molecule has 0 aliphatic carbocycles. The molecule has 0 bridgehead atoms. The average Bonchev–Trinajstić information content (AvgIpc) is 3.26. The molecule has 2 aromatic heterocycles. The van der Waals surface area contributed by atoms with E-state index < -0.39 is 0 Å². The maximum Gasteiger partial charge on any atom is 0.228 e. The van der Waals surface area contributed by atoms with Crippen molar-refractivity contribution in [1.82, 2.24) is 20.1 Å². The summed E-state index contributed by atoms with van der Waals surface area (Å²) in [4.78, 5) is 19.0. The molecule has 6 heteroatoms. The number of rotatable bonds is 5. The summed E-state index contributed by atoms with van der Waals surface area (Å²) >= 11 is 1.59. The maximum atomic E-state index is 12.7. The summed E-state index contributed by atoms with van der Waals surface area (Å²) in [5, 5.41) is 10.7. The molecule has 134 valence electrons. The van der Waals surface area contributed by atoms with Crippen molar-refractivity contribution >= 4 is 17.2 Å². The second-order valence-corrected chi connectivity index (χ2v) is 7.78. The van der Waals surface area contributed by atoms with Crippen molar-refractivity contribution in [2.75, 3.05) is 6.54 Å². The lowest BCUT2D eigenvalue weighted by molar-refractivity contribution is -0.131. The van der Waals surface area contributed by atoms with Crippen molar-refractivity contribution in [2.24, 2.45) is 0 Å². The highest BCUT2D eigenvalue weighted by Gasteiger charge is 2.25. The fraction of sp³-hybridized carbons (Fsp3) is 0.350. The predicted molar refractivity (Wildman–Crippen MR) is 102 cm³/mol. The molecule has 1 aliphatic heterocycles. The molecule has 0 saturated carbocycles. The Hall–Kier alpha value is -2.47. The number of benzene rings is 1. The number of H-pyrrole nitrogens is 1. The number of aromatic nitrogens is 3. The van der Waals surface area contributed by atoms with Gasteiger partial charge in [-0.1, -0.05) is 30.3 Å². The van der Waals surface area contributed by atoms with E-state index in [1.165, 1.54) is 16.8 Å². The van der Waals surface area contributed by atoms with Gasteiger partial charge in [-0.3, -0.25) is 9.89 Å². The molecule has 0 saturated heterocycles. The highest BCUT2D eigenvalue weighted by molar-refractivity contribution is 7.09. The van der Waals surface area contributed by atoms with E-state index in [2.05, 4.69) is 39.4 Å². The van der Waals surface area contributed by atoms with E-state index in [1.54, 1.807) is 11.3 Å². The third-order valence-electron chi connectivity index (χ3n) is 4.86. The zero-order chi connectivity index (χ0) is 17.9. The largest absolute Gasteiger partial charge is 0.338 e. The molecule has 5 nitrogen and oxygen atoms in total. The highest BCUT2D eigenvalue weighted by Crippen LogP contribution is 2.22. The molecular weight excluding hydrogens is 344 g/mol. The van der Waals surface area contributed by atoms with Gasteiger partial charge in [0, 0.05) is 36.1 Å². The summed E-state index contributed by atoms with van der Waals surface area (Å²) < 4.78 is 0. The third kappa shape index (κ3) is 3.70. The molecule has 26 heavy (non-hydrogen) atoms. The summed E-state index contributed by atoms with van der Waals surface area (Å²) in [6.45, 7) is 3.36. The minimum Gasteiger partial charge on any atom is -0.338 e. The summed E-state index contributed by atoms with van der Waals surface area (Å²) in [6, 6.07) is 10.5. The van der Waals surface area contributed by atoms with E-state index in [1.807, 2.05) is 23.3 Å².